The van der Waals surface area contributed by atoms with E-state index in [1.54, 1.807) is 25.3 Å². The fraction of sp³-hybridized carbons (Fsp3) is 0.174. The minimum atomic E-state index is -0.585. The van der Waals surface area contributed by atoms with E-state index in [0.717, 1.165) is 22.0 Å². The second-order valence-corrected chi connectivity index (χ2v) is 9.21. The molecule has 1 amide bonds. The maximum absolute atomic E-state index is 13.1. The SMILES string of the molecule is CCC(Sc1nc(N)c(C#N)c(-c2ccco2)c1C#N)C(=O)Nc1nc2ccc(OC)cc2s1. The Hall–Kier alpha value is -4.06. The molecule has 0 aliphatic rings. The second kappa shape index (κ2) is 9.83. The molecule has 170 valence electrons. The van der Waals surface area contributed by atoms with Crippen molar-refractivity contribution < 1.29 is 13.9 Å². The number of methoxy groups -OCH3 is 1. The monoisotopic (exact) mass is 490 g/mol. The maximum Gasteiger partial charge on any atom is 0.239 e. The number of furan rings is 1. The van der Waals surface area contributed by atoms with Crippen LogP contribution in [0, 0.1) is 22.7 Å². The standard InChI is InChI=1S/C23H18N6O3S2/c1-3-17(21(30)29-23-27-15-7-6-12(31-2)9-18(15)34-23)33-22-14(11-25)19(16-5-4-8-32-16)13(10-24)20(26)28-22/h4-9,17H,3H2,1-2H3,(H2,26,28)(H,27,29,30). The van der Waals surface area contributed by atoms with Crippen molar-refractivity contribution in [1.82, 2.24) is 9.97 Å². The molecule has 3 heterocycles. The first kappa shape index (κ1) is 23.1. The summed E-state index contributed by atoms with van der Waals surface area (Å²) in [4.78, 5) is 21.8. The number of pyridine rings is 1. The van der Waals surface area contributed by atoms with Gasteiger partial charge in [-0.15, -0.1) is 0 Å². The predicted molar refractivity (Wildman–Crippen MR) is 131 cm³/mol. The summed E-state index contributed by atoms with van der Waals surface area (Å²) >= 11 is 2.44. The number of thiazole rings is 1. The summed E-state index contributed by atoms with van der Waals surface area (Å²) in [7, 11) is 1.59. The number of fused-ring (bicyclic) bond motifs is 1. The fourth-order valence-electron chi connectivity index (χ4n) is 3.28. The number of nitriles is 2. The Bertz CT molecular complexity index is 1450. The van der Waals surface area contributed by atoms with Gasteiger partial charge < -0.3 is 20.2 Å². The van der Waals surface area contributed by atoms with E-state index in [-0.39, 0.29) is 33.4 Å². The molecule has 0 spiro atoms. The van der Waals surface area contributed by atoms with Gasteiger partial charge >= 0.3 is 0 Å². The molecule has 4 rings (SSSR count). The maximum atomic E-state index is 13.1. The first-order chi connectivity index (χ1) is 16.5. The van der Waals surface area contributed by atoms with Gasteiger partial charge in [0.15, 0.2) is 5.13 Å². The van der Waals surface area contributed by atoms with Crippen molar-refractivity contribution >= 4 is 50.2 Å². The molecule has 1 atom stereocenters. The minimum Gasteiger partial charge on any atom is -0.497 e. The van der Waals surface area contributed by atoms with E-state index in [1.807, 2.05) is 25.1 Å². The summed E-state index contributed by atoms with van der Waals surface area (Å²) in [6.07, 6.45) is 1.90. The van der Waals surface area contributed by atoms with Gasteiger partial charge in [-0.1, -0.05) is 30.0 Å². The van der Waals surface area contributed by atoms with Crippen LogP contribution in [0.3, 0.4) is 0 Å². The number of carbonyl (C=O) groups excluding carboxylic acids is 1. The lowest BCUT2D eigenvalue weighted by Crippen LogP contribution is -2.25. The van der Waals surface area contributed by atoms with E-state index in [9.17, 15) is 15.3 Å². The second-order valence-electron chi connectivity index (χ2n) is 6.98. The van der Waals surface area contributed by atoms with Crippen molar-refractivity contribution in [1.29, 1.82) is 10.5 Å². The number of nitrogens with zero attached hydrogens (tertiary/aromatic N) is 4. The zero-order chi connectivity index (χ0) is 24.2. The molecule has 9 nitrogen and oxygen atoms in total. The molecule has 0 saturated heterocycles. The zero-order valence-corrected chi connectivity index (χ0v) is 19.8. The van der Waals surface area contributed by atoms with E-state index >= 15 is 0 Å². The fourth-order valence-corrected chi connectivity index (χ4v) is 5.19. The van der Waals surface area contributed by atoms with Crippen LogP contribution in [0.15, 0.2) is 46.0 Å². The zero-order valence-electron chi connectivity index (χ0n) is 18.2. The normalized spacial score (nSPS) is 11.5. The number of hydrogen-bond acceptors (Lipinski definition) is 10. The molecular formula is C23H18N6O3S2. The van der Waals surface area contributed by atoms with Crippen molar-refractivity contribution in [3.63, 3.8) is 0 Å². The van der Waals surface area contributed by atoms with Crippen LogP contribution in [0.5, 0.6) is 5.75 Å². The Kier molecular flexibility index (Phi) is 6.68. The van der Waals surface area contributed by atoms with Gasteiger partial charge in [0.05, 0.1) is 40.0 Å². The number of hydrogen-bond donors (Lipinski definition) is 2. The van der Waals surface area contributed by atoms with Gasteiger partial charge in [0.25, 0.3) is 0 Å². The van der Waals surface area contributed by atoms with Crippen LogP contribution in [-0.4, -0.2) is 28.2 Å². The van der Waals surface area contributed by atoms with Crippen LogP contribution in [0.25, 0.3) is 21.5 Å². The molecule has 4 aromatic rings. The van der Waals surface area contributed by atoms with E-state index in [0.29, 0.717) is 23.1 Å². The van der Waals surface area contributed by atoms with Crippen LogP contribution in [0.4, 0.5) is 10.9 Å². The van der Waals surface area contributed by atoms with Crippen molar-refractivity contribution in [2.75, 3.05) is 18.2 Å². The third kappa shape index (κ3) is 4.39. The Labute approximate surface area is 203 Å². The number of anilines is 2. The third-order valence-electron chi connectivity index (χ3n) is 4.93. The lowest BCUT2D eigenvalue weighted by molar-refractivity contribution is -0.115. The van der Waals surface area contributed by atoms with Crippen molar-refractivity contribution in [3.05, 3.63) is 47.7 Å². The van der Waals surface area contributed by atoms with E-state index in [4.69, 9.17) is 14.9 Å². The molecule has 0 fully saturated rings. The first-order valence-corrected chi connectivity index (χ1v) is 11.8. The topological polar surface area (TPSA) is 151 Å². The quantitative estimate of drug-likeness (QED) is 0.348. The largest absolute Gasteiger partial charge is 0.497 e. The number of nitrogens with two attached hydrogens (primary N) is 1. The van der Waals surface area contributed by atoms with Crippen molar-refractivity contribution in [2.45, 2.75) is 23.6 Å². The molecule has 11 heteroatoms. The molecule has 3 N–H and O–H groups in total. The average Bonchev–Trinajstić information content (AvgIpc) is 3.51. The molecule has 0 aliphatic carbocycles. The van der Waals surface area contributed by atoms with Crippen molar-refractivity contribution in [3.8, 4) is 29.2 Å². The Balaban J connectivity index is 1.64. The van der Waals surface area contributed by atoms with Crippen LogP contribution < -0.4 is 15.8 Å². The highest BCUT2D eigenvalue weighted by molar-refractivity contribution is 8.00. The predicted octanol–water partition coefficient (Wildman–Crippen LogP) is 4.79. The number of benzene rings is 1. The van der Waals surface area contributed by atoms with Gasteiger partial charge in [-0.3, -0.25) is 4.79 Å². The number of thioether (sulfide) groups is 1. The number of ether oxygens (including phenoxy) is 1. The summed E-state index contributed by atoms with van der Waals surface area (Å²) in [5.74, 6) is 0.709. The van der Waals surface area contributed by atoms with Crippen LogP contribution in [-0.2, 0) is 4.79 Å². The van der Waals surface area contributed by atoms with Gasteiger partial charge in [0.1, 0.15) is 40.1 Å². The molecule has 34 heavy (non-hydrogen) atoms. The summed E-state index contributed by atoms with van der Waals surface area (Å²) in [5, 5.41) is 22.4. The first-order valence-electron chi connectivity index (χ1n) is 10.1. The number of rotatable bonds is 7. The van der Waals surface area contributed by atoms with Crippen LogP contribution >= 0.6 is 23.1 Å². The number of carbonyl (C=O) groups is 1. The molecule has 1 unspecified atom stereocenters. The highest BCUT2D eigenvalue weighted by Gasteiger charge is 2.27. The molecule has 0 aliphatic heterocycles. The van der Waals surface area contributed by atoms with Crippen LogP contribution in [0.1, 0.15) is 24.5 Å². The smallest absolute Gasteiger partial charge is 0.239 e. The number of nitrogen functional groups attached to an aromatic ring is 1. The highest BCUT2D eigenvalue weighted by Crippen LogP contribution is 2.38. The number of aromatic nitrogens is 2. The molecular weight excluding hydrogens is 472 g/mol. The summed E-state index contributed by atoms with van der Waals surface area (Å²) in [6, 6.07) is 12.9. The molecule has 0 radical (unpaired) electrons. The van der Waals surface area contributed by atoms with E-state index < -0.39 is 5.25 Å². The molecule has 0 bridgehead atoms. The number of nitrogens with one attached hydrogen (secondary N) is 1. The van der Waals surface area contributed by atoms with Gasteiger partial charge in [-0.25, -0.2) is 9.97 Å². The Morgan fingerprint density at radius 2 is 2.09 bits per heavy atom. The van der Waals surface area contributed by atoms with E-state index in [2.05, 4.69) is 21.4 Å². The average molecular weight is 491 g/mol. The summed E-state index contributed by atoms with van der Waals surface area (Å²) < 4.78 is 11.5. The van der Waals surface area contributed by atoms with Crippen LogP contribution in [0.2, 0.25) is 0 Å². The number of amides is 1. The van der Waals surface area contributed by atoms with E-state index in [1.165, 1.54) is 17.6 Å². The lowest BCUT2D eigenvalue weighted by atomic mass is 10.0. The van der Waals surface area contributed by atoms with Gasteiger partial charge in [-0.2, -0.15) is 10.5 Å². The molecule has 3 aromatic heterocycles. The van der Waals surface area contributed by atoms with Gasteiger partial charge in [-0.05, 0) is 36.8 Å². The molecule has 1 aromatic carbocycles. The lowest BCUT2D eigenvalue weighted by Gasteiger charge is -2.16. The highest BCUT2D eigenvalue weighted by atomic mass is 32.2. The molecule has 0 saturated carbocycles. The van der Waals surface area contributed by atoms with Gasteiger partial charge in [0, 0.05) is 0 Å². The third-order valence-corrected chi connectivity index (χ3v) is 7.21. The summed E-state index contributed by atoms with van der Waals surface area (Å²) in [6.45, 7) is 1.85. The van der Waals surface area contributed by atoms with Crippen molar-refractivity contribution in [2.24, 2.45) is 0 Å². The Morgan fingerprint density at radius 3 is 2.74 bits per heavy atom. The van der Waals surface area contributed by atoms with Gasteiger partial charge in [0.2, 0.25) is 5.91 Å². The Morgan fingerprint density at radius 1 is 1.29 bits per heavy atom. The minimum absolute atomic E-state index is 0.0363. The summed E-state index contributed by atoms with van der Waals surface area (Å²) in [5.41, 5.74) is 7.22.